The van der Waals surface area contributed by atoms with E-state index in [9.17, 15) is 0 Å². The van der Waals surface area contributed by atoms with Gasteiger partial charge in [0.2, 0.25) is 0 Å². The van der Waals surface area contributed by atoms with Crippen molar-refractivity contribution in [3.05, 3.63) is 65.7 Å². The van der Waals surface area contributed by atoms with E-state index >= 15 is 0 Å². The molecular formula is C15H14N2. The monoisotopic (exact) mass is 222 g/mol. The molecule has 0 aliphatic heterocycles. The average molecular weight is 222 g/mol. The van der Waals surface area contributed by atoms with E-state index in [4.69, 9.17) is 0 Å². The molecule has 0 radical (unpaired) electrons. The Balaban J connectivity index is 2.55. The van der Waals surface area contributed by atoms with Crippen LogP contribution in [-0.4, -0.2) is 19.5 Å². The molecule has 0 aliphatic carbocycles. The largest absolute Gasteiger partial charge is 0.287 e. The molecule has 0 heterocycles. The van der Waals surface area contributed by atoms with Gasteiger partial charge in [-0.1, -0.05) is 48.5 Å². The van der Waals surface area contributed by atoms with Crippen LogP contribution >= 0.6 is 0 Å². The van der Waals surface area contributed by atoms with Gasteiger partial charge in [-0.25, -0.2) is 0 Å². The highest BCUT2D eigenvalue weighted by Crippen LogP contribution is 2.21. The summed E-state index contributed by atoms with van der Waals surface area (Å²) in [5, 5.41) is 0. The van der Waals surface area contributed by atoms with Gasteiger partial charge in [0.1, 0.15) is 0 Å². The van der Waals surface area contributed by atoms with Gasteiger partial charge in [-0.2, -0.15) is 0 Å². The van der Waals surface area contributed by atoms with Crippen molar-refractivity contribution in [3.63, 3.8) is 0 Å². The van der Waals surface area contributed by atoms with Crippen LogP contribution < -0.4 is 0 Å². The third-order valence-corrected chi connectivity index (χ3v) is 2.60. The van der Waals surface area contributed by atoms with Crippen LogP contribution in [0.5, 0.6) is 0 Å². The highest BCUT2D eigenvalue weighted by molar-refractivity contribution is 6.15. The summed E-state index contributed by atoms with van der Waals surface area (Å²) in [5.41, 5.74) is 3.90. The van der Waals surface area contributed by atoms with Gasteiger partial charge in [0, 0.05) is 18.2 Å². The highest BCUT2D eigenvalue weighted by Gasteiger charge is 2.09. The Morgan fingerprint density at radius 2 is 1.59 bits per heavy atom. The molecule has 0 aromatic heterocycles. The van der Waals surface area contributed by atoms with E-state index in [1.807, 2.05) is 54.6 Å². The van der Waals surface area contributed by atoms with Gasteiger partial charge in [-0.3, -0.25) is 9.98 Å². The molecule has 2 heteroatoms. The Hall–Kier alpha value is -2.22. The summed E-state index contributed by atoms with van der Waals surface area (Å²) in [7, 11) is 1.79. The molecule has 0 fully saturated rings. The lowest BCUT2D eigenvalue weighted by Crippen LogP contribution is -2.03. The second-order valence-corrected chi connectivity index (χ2v) is 3.61. The Bertz CT molecular complexity index is 542. The summed E-state index contributed by atoms with van der Waals surface area (Å²) < 4.78 is 0. The van der Waals surface area contributed by atoms with Crippen molar-refractivity contribution < 1.29 is 0 Å². The SMILES string of the molecule is C=Nc1ccccc1C(=NC)c1ccccc1. The lowest BCUT2D eigenvalue weighted by Gasteiger charge is -2.08. The van der Waals surface area contributed by atoms with Gasteiger partial charge in [-0.05, 0) is 12.8 Å². The van der Waals surface area contributed by atoms with E-state index in [2.05, 4.69) is 16.7 Å². The van der Waals surface area contributed by atoms with Gasteiger partial charge in [-0.15, -0.1) is 0 Å². The third-order valence-electron chi connectivity index (χ3n) is 2.60. The van der Waals surface area contributed by atoms with Gasteiger partial charge in [0.15, 0.2) is 0 Å². The van der Waals surface area contributed by atoms with Crippen LogP contribution in [0.1, 0.15) is 11.1 Å². The highest BCUT2D eigenvalue weighted by atomic mass is 14.7. The number of benzene rings is 2. The molecule has 0 N–H and O–H groups in total. The predicted octanol–water partition coefficient (Wildman–Crippen LogP) is 3.49. The maximum absolute atomic E-state index is 4.37. The van der Waals surface area contributed by atoms with Crippen molar-refractivity contribution in [2.24, 2.45) is 9.98 Å². The van der Waals surface area contributed by atoms with Crippen LogP contribution in [-0.2, 0) is 0 Å². The van der Waals surface area contributed by atoms with Crippen LogP contribution in [0.25, 0.3) is 0 Å². The minimum Gasteiger partial charge on any atom is -0.287 e. The van der Waals surface area contributed by atoms with Gasteiger partial charge in [0.25, 0.3) is 0 Å². The van der Waals surface area contributed by atoms with Crippen LogP contribution in [0.3, 0.4) is 0 Å². The Morgan fingerprint density at radius 3 is 2.24 bits per heavy atom. The fraction of sp³-hybridized carbons (Fsp3) is 0.0667. The minimum absolute atomic E-state index is 0.858. The molecule has 0 saturated carbocycles. The van der Waals surface area contributed by atoms with Crippen LogP contribution in [0.15, 0.2) is 64.6 Å². The molecule has 0 aliphatic rings. The molecule has 84 valence electrons. The van der Waals surface area contributed by atoms with Gasteiger partial charge in [0.05, 0.1) is 11.4 Å². The number of nitrogens with zero attached hydrogens (tertiary/aromatic N) is 2. The molecular weight excluding hydrogens is 208 g/mol. The van der Waals surface area contributed by atoms with Crippen molar-refractivity contribution in [3.8, 4) is 0 Å². The fourth-order valence-electron chi connectivity index (χ4n) is 1.81. The van der Waals surface area contributed by atoms with Crippen molar-refractivity contribution in [1.29, 1.82) is 0 Å². The smallest absolute Gasteiger partial charge is 0.0737 e. The number of aliphatic imine (C=N–C) groups is 2. The average Bonchev–Trinajstić information content (AvgIpc) is 2.41. The molecule has 0 atom stereocenters. The Morgan fingerprint density at radius 1 is 0.941 bits per heavy atom. The second-order valence-electron chi connectivity index (χ2n) is 3.61. The van der Waals surface area contributed by atoms with Crippen molar-refractivity contribution in [2.75, 3.05) is 7.05 Å². The number of hydrogen-bond donors (Lipinski definition) is 0. The molecule has 17 heavy (non-hydrogen) atoms. The Labute approximate surface area is 101 Å². The number of para-hydroxylation sites is 1. The van der Waals surface area contributed by atoms with Crippen LogP contribution in [0.4, 0.5) is 5.69 Å². The molecule has 2 aromatic carbocycles. The van der Waals surface area contributed by atoms with E-state index in [0.717, 1.165) is 22.5 Å². The minimum atomic E-state index is 0.858. The predicted molar refractivity (Wildman–Crippen MR) is 73.7 cm³/mol. The zero-order valence-electron chi connectivity index (χ0n) is 9.80. The summed E-state index contributed by atoms with van der Waals surface area (Å²) in [6.45, 7) is 3.60. The number of hydrogen-bond acceptors (Lipinski definition) is 2. The van der Waals surface area contributed by atoms with E-state index in [0.29, 0.717) is 0 Å². The molecule has 2 aromatic rings. The maximum Gasteiger partial charge on any atom is 0.0737 e. The standard InChI is InChI=1S/C15H14N2/c1-16-14-11-7-6-10-13(14)15(17-2)12-8-4-3-5-9-12/h3-11H,1H2,2H3. The van der Waals surface area contributed by atoms with E-state index in [1.165, 1.54) is 0 Å². The van der Waals surface area contributed by atoms with E-state index in [-0.39, 0.29) is 0 Å². The summed E-state index contributed by atoms with van der Waals surface area (Å²) >= 11 is 0. The van der Waals surface area contributed by atoms with E-state index < -0.39 is 0 Å². The van der Waals surface area contributed by atoms with E-state index in [1.54, 1.807) is 7.05 Å². The first-order valence-electron chi connectivity index (χ1n) is 5.45. The molecule has 0 unspecified atom stereocenters. The van der Waals surface area contributed by atoms with Gasteiger partial charge < -0.3 is 0 Å². The molecule has 2 nitrogen and oxygen atoms in total. The van der Waals surface area contributed by atoms with Crippen molar-refractivity contribution in [1.82, 2.24) is 0 Å². The fourth-order valence-corrected chi connectivity index (χ4v) is 1.81. The second kappa shape index (κ2) is 5.21. The van der Waals surface area contributed by atoms with Crippen LogP contribution in [0, 0.1) is 0 Å². The van der Waals surface area contributed by atoms with Crippen molar-refractivity contribution in [2.45, 2.75) is 0 Å². The van der Waals surface area contributed by atoms with Gasteiger partial charge >= 0.3 is 0 Å². The molecule has 0 amide bonds. The normalized spacial score (nSPS) is 11.2. The zero-order chi connectivity index (χ0) is 12.1. The summed E-state index contributed by atoms with van der Waals surface area (Å²) in [4.78, 5) is 8.40. The molecule has 0 saturated heterocycles. The third kappa shape index (κ3) is 2.31. The molecule has 0 bridgehead atoms. The quantitative estimate of drug-likeness (QED) is 0.710. The molecule has 2 rings (SSSR count). The Kier molecular flexibility index (Phi) is 3.46. The lowest BCUT2D eigenvalue weighted by molar-refractivity contribution is 1.40. The zero-order valence-corrected chi connectivity index (χ0v) is 9.80. The van der Waals surface area contributed by atoms with Crippen molar-refractivity contribution >= 4 is 18.1 Å². The first kappa shape index (κ1) is 11.3. The first-order valence-corrected chi connectivity index (χ1v) is 5.45. The summed E-state index contributed by atoms with van der Waals surface area (Å²) in [6, 6.07) is 18.0. The first-order chi connectivity index (χ1) is 8.36. The summed E-state index contributed by atoms with van der Waals surface area (Å²) in [5.74, 6) is 0. The maximum atomic E-state index is 4.37. The van der Waals surface area contributed by atoms with Crippen LogP contribution in [0.2, 0.25) is 0 Å². The molecule has 0 spiro atoms. The lowest BCUT2D eigenvalue weighted by atomic mass is 10.0. The number of rotatable bonds is 3. The topological polar surface area (TPSA) is 24.7 Å². The summed E-state index contributed by atoms with van der Waals surface area (Å²) in [6.07, 6.45) is 0.